The molecule has 0 spiro atoms. The monoisotopic (exact) mass is 339 g/mol. The largest absolute Gasteiger partial charge is 0.416 e. The van der Waals surface area contributed by atoms with E-state index in [1.54, 1.807) is 0 Å². The van der Waals surface area contributed by atoms with Crippen LogP contribution in [-0.2, 0) is 6.18 Å². The molecule has 0 bridgehead atoms. The maximum atomic E-state index is 12.9. The van der Waals surface area contributed by atoms with Crippen molar-refractivity contribution in [2.24, 2.45) is 0 Å². The zero-order chi connectivity index (χ0) is 13.8. The molecule has 0 fully saturated rings. The fraction of sp³-hybridized carbons (Fsp3) is 0.417. The third-order valence-electron chi connectivity index (χ3n) is 2.48. The molecule has 1 nitrogen and oxygen atoms in total. The summed E-state index contributed by atoms with van der Waals surface area (Å²) in [6, 6.07) is 5.76. The van der Waals surface area contributed by atoms with Gasteiger partial charge in [0.25, 0.3) is 0 Å². The highest BCUT2D eigenvalue weighted by molar-refractivity contribution is 9.10. The summed E-state index contributed by atoms with van der Waals surface area (Å²) in [4.78, 5) is 0. The van der Waals surface area contributed by atoms with E-state index in [1.807, 2.05) is 6.07 Å². The van der Waals surface area contributed by atoms with E-state index >= 15 is 0 Å². The number of rotatable bonds is 4. The van der Waals surface area contributed by atoms with Crippen molar-refractivity contribution in [2.45, 2.75) is 24.9 Å². The van der Waals surface area contributed by atoms with Gasteiger partial charge in [-0.2, -0.15) is 18.4 Å². The van der Waals surface area contributed by atoms with Gasteiger partial charge in [0.05, 0.1) is 17.6 Å². The van der Waals surface area contributed by atoms with Crippen LogP contribution in [0.2, 0.25) is 0 Å². The van der Waals surface area contributed by atoms with E-state index in [4.69, 9.17) is 16.9 Å². The zero-order valence-electron chi connectivity index (χ0n) is 9.27. The number of alkyl halides is 4. The van der Waals surface area contributed by atoms with Crippen LogP contribution in [0.25, 0.3) is 0 Å². The second-order valence-corrected chi connectivity index (χ2v) is 5.04. The summed E-state index contributed by atoms with van der Waals surface area (Å²) in [7, 11) is 0. The van der Waals surface area contributed by atoms with Gasteiger partial charge in [0.2, 0.25) is 0 Å². The highest BCUT2D eigenvalue weighted by Gasteiger charge is 2.35. The first-order valence-corrected chi connectivity index (χ1v) is 6.55. The Labute approximate surface area is 117 Å². The summed E-state index contributed by atoms with van der Waals surface area (Å²) in [6.07, 6.45) is -3.63. The van der Waals surface area contributed by atoms with Gasteiger partial charge in [-0.3, -0.25) is 0 Å². The van der Waals surface area contributed by atoms with Crippen LogP contribution < -0.4 is 0 Å². The predicted octanol–water partition coefficient (Wildman–Crippen LogP) is 5.09. The van der Waals surface area contributed by atoms with Crippen molar-refractivity contribution in [3.63, 3.8) is 0 Å². The molecule has 0 aliphatic heterocycles. The standard InChI is InChI=1S/C12H10BrClF3N/c13-9-3-4-10(8(7-18)2-1-5-14)11(6-9)12(15,16)17/h3-4,6,8H,1-2,5H2. The summed E-state index contributed by atoms with van der Waals surface area (Å²) in [6.45, 7) is 0. The lowest BCUT2D eigenvalue weighted by Crippen LogP contribution is -2.12. The van der Waals surface area contributed by atoms with Crippen molar-refractivity contribution < 1.29 is 13.2 Å². The van der Waals surface area contributed by atoms with Crippen molar-refractivity contribution in [3.05, 3.63) is 33.8 Å². The Morgan fingerprint density at radius 3 is 2.56 bits per heavy atom. The molecule has 0 aliphatic carbocycles. The topological polar surface area (TPSA) is 23.8 Å². The number of nitrogens with zero attached hydrogens (tertiary/aromatic N) is 1. The Morgan fingerprint density at radius 1 is 1.39 bits per heavy atom. The summed E-state index contributed by atoms with van der Waals surface area (Å²) >= 11 is 8.51. The van der Waals surface area contributed by atoms with Crippen molar-refractivity contribution in [1.29, 1.82) is 5.26 Å². The number of hydrogen-bond donors (Lipinski definition) is 0. The van der Waals surface area contributed by atoms with Crippen molar-refractivity contribution >= 4 is 27.5 Å². The summed E-state index contributed by atoms with van der Waals surface area (Å²) in [5.74, 6) is -0.454. The molecule has 0 radical (unpaired) electrons. The molecule has 0 saturated carbocycles. The molecule has 0 heterocycles. The molecule has 0 aromatic heterocycles. The lowest BCUT2D eigenvalue weighted by atomic mass is 9.91. The van der Waals surface area contributed by atoms with E-state index in [-0.39, 0.29) is 5.56 Å². The Bertz CT molecular complexity index is 454. The quantitative estimate of drug-likeness (QED) is 0.700. The summed E-state index contributed by atoms with van der Waals surface area (Å²) in [5.41, 5.74) is -0.753. The molecule has 98 valence electrons. The molecule has 1 aromatic carbocycles. The molecule has 18 heavy (non-hydrogen) atoms. The fourth-order valence-electron chi connectivity index (χ4n) is 1.65. The van der Waals surface area contributed by atoms with Gasteiger partial charge in [-0.25, -0.2) is 0 Å². The van der Waals surface area contributed by atoms with Crippen molar-refractivity contribution in [2.75, 3.05) is 5.88 Å². The minimum Gasteiger partial charge on any atom is -0.198 e. The van der Waals surface area contributed by atoms with Gasteiger partial charge in [-0.1, -0.05) is 22.0 Å². The number of benzene rings is 1. The van der Waals surface area contributed by atoms with Gasteiger partial charge in [-0.15, -0.1) is 11.6 Å². The molecule has 1 aromatic rings. The summed E-state index contributed by atoms with van der Waals surface area (Å²) < 4.78 is 39.0. The fourth-order valence-corrected chi connectivity index (χ4v) is 2.16. The van der Waals surface area contributed by atoms with Crippen LogP contribution in [0.5, 0.6) is 0 Å². The molecule has 0 N–H and O–H groups in total. The van der Waals surface area contributed by atoms with Crippen LogP contribution in [0.1, 0.15) is 29.9 Å². The van der Waals surface area contributed by atoms with Crippen molar-refractivity contribution in [1.82, 2.24) is 0 Å². The Morgan fingerprint density at radius 2 is 2.06 bits per heavy atom. The molecule has 0 saturated heterocycles. The van der Waals surface area contributed by atoms with Crippen LogP contribution in [0.3, 0.4) is 0 Å². The second-order valence-electron chi connectivity index (χ2n) is 3.74. The van der Waals surface area contributed by atoms with Crippen LogP contribution >= 0.6 is 27.5 Å². The number of halogens is 5. The highest BCUT2D eigenvalue weighted by atomic mass is 79.9. The molecular weight excluding hydrogens is 330 g/mol. The third-order valence-corrected chi connectivity index (χ3v) is 3.24. The molecule has 1 atom stereocenters. The molecule has 1 rings (SSSR count). The smallest absolute Gasteiger partial charge is 0.198 e. The van der Waals surface area contributed by atoms with Gasteiger partial charge in [0, 0.05) is 10.4 Å². The van der Waals surface area contributed by atoms with Gasteiger partial charge in [0.1, 0.15) is 0 Å². The van der Waals surface area contributed by atoms with Gasteiger partial charge >= 0.3 is 6.18 Å². The van der Waals surface area contributed by atoms with Crippen LogP contribution in [-0.4, -0.2) is 5.88 Å². The lowest BCUT2D eigenvalue weighted by molar-refractivity contribution is -0.138. The van der Waals surface area contributed by atoms with Crippen molar-refractivity contribution in [3.8, 4) is 6.07 Å². The van der Waals surface area contributed by atoms with E-state index in [9.17, 15) is 13.2 Å². The minimum atomic E-state index is -4.46. The van der Waals surface area contributed by atoms with E-state index in [2.05, 4.69) is 15.9 Å². The highest BCUT2D eigenvalue weighted by Crippen LogP contribution is 2.38. The lowest BCUT2D eigenvalue weighted by Gasteiger charge is -2.16. The molecule has 6 heteroatoms. The van der Waals surface area contributed by atoms with Gasteiger partial charge in [-0.05, 0) is 30.5 Å². The zero-order valence-corrected chi connectivity index (χ0v) is 11.6. The first-order chi connectivity index (χ1) is 8.40. The Kier molecular flexibility index (Phi) is 5.48. The maximum absolute atomic E-state index is 12.9. The maximum Gasteiger partial charge on any atom is 0.416 e. The summed E-state index contributed by atoms with van der Waals surface area (Å²) in [5, 5.41) is 8.99. The van der Waals surface area contributed by atoms with Crippen LogP contribution in [0.15, 0.2) is 22.7 Å². The van der Waals surface area contributed by atoms with Gasteiger partial charge < -0.3 is 0 Å². The van der Waals surface area contributed by atoms with E-state index in [1.165, 1.54) is 12.1 Å². The van der Waals surface area contributed by atoms with E-state index < -0.39 is 17.7 Å². The predicted molar refractivity (Wildman–Crippen MR) is 67.5 cm³/mol. The first kappa shape index (κ1) is 15.3. The van der Waals surface area contributed by atoms with E-state index in [0.717, 1.165) is 6.07 Å². The molecular formula is C12H10BrClF3N. The SMILES string of the molecule is N#CC(CCCCl)c1ccc(Br)cc1C(F)(F)F. The normalized spacial score (nSPS) is 13.1. The Balaban J connectivity index is 3.18. The molecule has 0 amide bonds. The third kappa shape index (κ3) is 3.89. The number of hydrogen-bond acceptors (Lipinski definition) is 1. The van der Waals surface area contributed by atoms with Crippen LogP contribution in [0.4, 0.5) is 13.2 Å². The minimum absolute atomic E-state index is 0.0123. The average molecular weight is 341 g/mol. The number of nitriles is 1. The Hall–Kier alpha value is -0.730. The van der Waals surface area contributed by atoms with Gasteiger partial charge in [0.15, 0.2) is 0 Å². The van der Waals surface area contributed by atoms with Crippen LogP contribution in [0, 0.1) is 11.3 Å². The van der Waals surface area contributed by atoms with E-state index in [0.29, 0.717) is 23.2 Å². The average Bonchev–Trinajstić information content (AvgIpc) is 2.30. The first-order valence-electron chi connectivity index (χ1n) is 5.22. The molecule has 1 unspecified atom stereocenters. The molecule has 0 aliphatic rings. The second kappa shape index (κ2) is 6.44.